The Balaban J connectivity index is 0.873. The van der Waals surface area contributed by atoms with Gasteiger partial charge in [0.25, 0.3) is 0 Å². The lowest BCUT2D eigenvalue weighted by atomic mass is 9.44. The summed E-state index contributed by atoms with van der Waals surface area (Å²) in [6.07, 6.45) is 9.34. The summed E-state index contributed by atoms with van der Waals surface area (Å²) < 4.78 is 29.2. The number of ketones is 2. The van der Waals surface area contributed by atoms with Gasteiger partial charge in [-0.1, -0.05) is 51.8 Å². The second-order valence-electron chi connectivity index (χ2n) is 20.4. The average molecular weight is 779 g/mol. The number of esters is 2. The molecule has 7 unspecified atom stereocenters. The van der Waals surface area contributed by atoms with Gasteiger partial charge in [-0.15, -0.1) is 0 Å². The highest BCUT2D eigenvalue weighted by Crippen LogP contribution is 2.71. The zero-order valence-corrected chi connectivity index (χ0v) is 34.1. The van der Waals surface area contributed by atoms with E-state index in [1.165, 1.54) is 17.7 Å². The molecule has 0 heterocycles. The third-order valence-corrected chi connectivity index (χ3v) is 17.9. The topological polar surface area (TPSA) is 147 Å². The fourth-order valence-corrected chi connectivity index (χ4v) is 15.4. The zero-order chi connectivity index (χ0) is 40.3. The maximum absolute atomic E-state index is 17.5. The Morgan fingerprint density at radius 2 is 1.64 bits per heavy atom. The van der Waals surface area contributed by atoms with Crippen LogP contribution in [0.1, 0.15) is 119 Å². The van der Waals surface area contributed by atoms with E-state index in [1.807, 2.05) is 19.9 Å². The highest BCUT2D eigenvalue weighted by atomic mass is 19.1. The van der Waals surface area contributed by atoms with E-state index in [0.29, 0.717) is 66.8 Å². The van der Waals surface area contributed by atoms with Gasteiger partial charge >= 0.3 is 11.9 Å². The lowest BCUT2D eigenvalue weighted by Crippen LogP contribution is -2.70. The van der Waals surface area contributed by atoms with E-state index in [0.717, 1.165) is 32.1 Å². The van der Waals surface area contributed by atoms with Crippen LogP contribution in [0, 0.1) is 69.5 Å². The summed E-state index contributed by atoms with van der Waals surface area (Å²) in [5.41, 5.74) is -4.21. The molecule has 0 amide bonds. The first kappa shape index (κ1) is 40.1. The van der Waals surface area contributed by atoms with Crippen LogP contribution in [0.2, 0.25) is 0 Å². The molecule has 9 nitrogen and oxygen atoms in total. The number of hydrogen-bond donors (Lipinski definition) is 3. The molecule has 0 aromatic carbocycles. The first-order valence-corrected chi connectivity index (χ1v) is 21.6. The predicted molar refractivity (Wildman–Crippen MR) is 205 cm³/mol. The van der Waals surface area contributed by atoms with Crippen LogP contribution in [0.3, 0.4) is 0 Å². The largest absolute Gasteiger partial charge is 0.463 e. The molecule has 10 heteroatoms. The van der Waals surface area contributed by atoms with Crippen LogP contribution in [0.15, 0.2) is 35.5 Å². The quantitative estimate of drug-likeness (QED) is 0.245. The third-order valence-electron chi connectivity index (χ3n) is 17.9. The summed E-state index contributed by atoms with van der Waals surface area (Å²) in [5.74, 6) is 0.332. The molecular weight excluding hydrogens is 715 g/mol. The molecule has 0 radical (unpaired) electrons. The van der Waals surface area contributed by atoms with Crippen molar-refractivity contribution in [1.29, 1.82) is 0 Å². The smallest absolute Gasteiger partial charge is 0.306 e. The number of aliphatic hydroxyl groups is 3. The monoisotopic (exact) mass is 778 g/mol. The highest BCUT2D eigenvalue weighted by molar-refractivity contribution is 6.01. The van der Waals surface area contributed by atoms with Gasteiger partial charge in [-0.25, -0.2) is 4.39 Å². The number of halogens is 1. The predicted octanol–water partition coefficient (Wildman–Crippen LogP) is 6.56. The van der Waals surface area contributed by atoms with Crippen molar-refractivity contribution in [3.63, 3.8) is 0 Å². The maximum atomic E-state index is 17.5. The number of ether oxygens (including phenoxy) is 2. The number of carbonyl (C=O) groups excluding carboxylic acids is 4. The molecule has 0 aromatic heterocycles. The molecular formula is C46H63FO9. The minimum Gasteiger partial charge on any atom is -0.463 e. The molecule has 8 aliphatic rings. The summed E-state index contributed by atoms with van der Waals surface area (Å²) in [6.45, 7) is 11.8. The van der Waals surface area contributed by atoms with Crippen molar-refractivity contribution in [2.75, 3.05) is 6.61 Å². The minimum atomic E-state index is -2.06. The van der Waals surface area contributed by atoms with E-state index in [2.05, 4.69) is 20.8 Å². The van der Waals surface area contributed by atoms with Gasteiger partial charge in [0.15, 0.2) is 17.2 Å². The Bertz CT molecular complexity index is 1770. The summed E-state index contributed by atoms with van der Waals surface area (Å²) >= 11 is 0. The van der Waals surface area contributed by atoms with Crippen LogP contribution in [0.4, 0.5) is 4.39 Å². The van der Waals surface area contributed by atoms with Crippen molar-refractivity contribution in [3.8, 4) is 0 Å². The summed E-state index contributed by atoms with van der Waals surface area (Å²) in [6, 6.07) is 0. The fourth-order valence-electron chi connectivity index (χ4n) is 15.4. The lowest BCUT2D eigenvalue weighted by molar-refractivity contribution is -0.244. The fraction of sp³-hybridized carbons (Fsp3) is 0.783. The van der Waals surface area contributed by atoms with E-state index < -0.39 is 64.7 Å². The molecule has 8 aliphatic carbocycles. The van der Waals surface area contributed by atoms with Crippen LogP contribution in [0.5, 0.6) is 0 Å². The van der Waals surface area contributed by atoms with Gasteiger partial charge in [-0.05, 0) is 130 Å². The summed E-state index contributed by atoms with van der Waals surface area (Å²) in [5, 5.41) is 35.6. The van der Waals surface area contributed by atoms with E-state index in [1.54, 1.807) is 13.0 Å². The summed E-state index contributed by atoms with van der Waals surface area (Å²) in [4.78, 5) is 50.7. The van der Waals surface area contributed by atoms with Gasteiger partial charge in [-0.3, -0.25) is 19.2 Å². The molecule has 17 atom stereocenters. The van der Waals surface area contributed by atoms with Gasteiger partial charge in [0.2, 0.25) is 0 Å². The van der Waals surface area contributed by atoms with E-state index in [4.69, 9.17) is 9.47 Å². The van der Waals surface area contributed by atoms with Crippen molar-refractivity contribution >= 4 is 23.5 Å². The minimum absolute atomic E-state index is 0.104. The zero-order valence-electron chi connectivity index (χ0n) is 34.1. The first-order valence-electron chi connectivity index (χ1n) is 21.6. The first-order chi connectivity index (χ1) is 26.3. The average Bonchev–Trinajstić information content (AvgIpc) is 3.55. The van der Waals surface area contributed by atoms with Crippen LogP contribution in [-0.4, -0.2) is 75.0 Å². The SMILES string of the molecule is C[C@@H]1CC2=CC(=O)CCC2C2C1C1CC[C@H](OC(=O)CCC(=O)OCC(O)[C@@]3(O)[C@@H](C)CC4C5CCC6=CC(=O)C=C[C@]6(C)[C@@]5(F)[C@@H](O)C[C@@]43C)[C@@]1(C)C[C@@H]2C. The van der Waals surface area contributed by atoms with Crippen molar-refractivity contribution in [2.24, 2.45) is 69.5 Å². The van der Waals surface area contributed by atoms with Crippen LogP contribution >= 0.6 is 0 Å². The van der Waals surface area contributed by atoms with Gasteiger partial charge in [0.1, 0.15) is 24.4 Å². The highest BCUT2D eigenvalue weighted by Gasteiger charge is 2.75. The second kappa shape index (κ2) is 13.7. The van der Waals surface area contributed by atoms with Gasteiger partial charge in [-0.2, -0.15) is 0 Å². The maximum Gasteiger partial charge on any atom is 0.306 e. The van der Waals surface area contributed by atoms with E-state index in [9.17, 15) is 34.5 Å². The molecule has 0 aliphatic heterocycles. The van der Waals surface area contributed by atoms with Crippen molar-refractivity contribution < 1.29 is 48.4 Å². The molecule has 3 N–H and O–H groups in total. The number of hydrogen-bond acceptors (Lipinski definition) is 9. The number of fused-ring (bicyclic) bond motifs is 10. The third kappa shape index (κ3) is 5.60. The number of rotatable bonds is 7. The second-order valence-corrected chi connectivity index (χ2v) is 20.4. The Labute approximate surface area is 330 Å². The van der Waals surface area contributed by atoms with Crippen LogP contribution in [0.25, 0.3) is 0 Å². The van der Waals surface area contributed by atoms with Crippen molar-refractivity contribution in [1.82, 2.24) is 0 Å². The molecule has 6 fully saturated rings. The molecule has 56 heavy (non-hydrogen) atoms. The molecule has 0 aromatic rings. The number of alkyl halides is 1. The molecule has 0 spiro atoms. The molecule has 0 bridgehead atoms. The normalized spacial score (nSPS) is 49.6. The van der Waals surface area contributed by atoms with Crippen LogP contribution < -0.4 is 0 Å². The van der Waals surface area contributed by atoms with E-state index in [-0.39, 0.29) is 48.3 Å². The standard InChI is InChI=1S/C46H63FO9/c1-24-17-27-19-29(48)8-9-31(27)40-25(2)21-42(4)33(41(24)40)11-12-37(42)56-39(53)14-13-38(52)55-23-36(51)46(54)26(3)18-34-32-10-7-28-20-30(49)15-16-43(28,5)45(32,47)35(50)22-44(34,46)6/h15-16,19-20,24-26,31-37,40-41,50-51,54H,7-14,17-18,21-23H2,1-6H3/t24-,25+,26+,31?,32?,33?,34?,35+,36?,37+,40?,41?,42+,43+,44+,45+,46+/m1/s1. The van der Waals surface area contributed by atoms with Crippen LogP contribution in [-0.2, 0) is 28.7 Å². The van der Waals surface area contributed by atoms with Gasteiger partial charge in [0, 0.05) is 28.6 Å². The number of aliphatic hydroxyl groups excluding tert-OH is 2. The Hall–Kier alpha value is -2.69. The molecule has 0 saturated heterocycles. The van der Waals surface area contributed by atoms with Gasteiger partial charge < -0.3 is 24.8 Å². The molecule has 6 saturated carbocycles. The molecule has 8 rings (SSSR count). The molecule has 308 valence electrons. The van der Waals surface area contributed by atoms with Crippen molar-refractivity contribution in [2.45, 2.75) is 148 Å². The Kier molecular flexibility index (Phi) is 9.80. The number of allylic oxidation sites excluding steroid dienone is 5. The summed E-state index contributed by atoms with van der Waals surface area (Å²) in [7, 11) is 0. The number of carbonyl (C=O) groups is 4. The lowest BCUT2D eigenvalue weighted by Gasteiger charge is -2.63. The van der Waals surface area contributed by atoms with Gasteiger partial charge in [0.05, 0.1) is 18.9 Å². The van der Waals surface area contributed by atoms with E-state index >= 15 is 4.39 Å². The Morgan fingerprint density at radius 3 is 2.39 bits per heavy atom. The van der Waals surface area contributed by atoms with Crippen molar-refractivity contribution in [3.05, 3.63) is 35.5 Å². The Morgan fingerprint density at radius 1 is 0.911 bits per heavy atom.